The number of thiazole rings is 1. The Balaban J connectivity index is 1.77. The molecule has 1 unspecified atom stereocenters. The molecule has 1 aromatic heterocycles. The average Bonchev–Trinajstić information content (AvgIpc) is 2.98. The summed E-state index contributed by atoms with van der Waals surface area (Å²) in [5.41, 5.74) is 1.21. The zero-order chi connectivity index (χ0) is 12.8. The molecular weight excluding hydrogens is 246 g/mol. The van der Waals surface area contributed by atoms with Gasteiger partial charge in [0.1, 0.15) is 5.01 Å². The van der Waals surface area contributed by atoms with E-state index in [1.807, 2.05) is 0 Å². The van der Waals surface area contributed by atoms with E-state index in [9.17, 15) is 0 Å². The van der Waals surface area contributed by atoms with Crippen molar-refractivity contribution in [2.45, 2.75) is 26.4 Å². The van der Waals surface area contributed by atoms with Crippen molar-refractivity contribution in [1.29, 1.82) is 0 Å². The van der Waals surface area contributed by atoms with Gasteiger partial charge in [0.15, 0.2) is 0 Å². The molecule has 0 saturated carbocycles. The molecule has 1 saturated heterocycles. The lowest BCUT2D eigenvalue weighted by Crippen LogP contribution is -2.21. The van der Waals surface area contributed by atoms with E-state index >= 15 is 0 Å². The molecule has 1 aliphatic heterocycles. The first-order chi connectivity index (χ1) is 8.81. The summed E-state index contributed by atoms with van der Waals surface area (Å²) >= 11 is 1.76. The summed E-state index contributed by atoms with van der Waals surface area (Å²) < 4.78 is 5.22. The molecule has 0 spiro atoms. The maximum atomic E-state index is 5.22. The molecule has 0 aromatic carbocycles. The smallest absolute Gasteiger partial charge is 0.107 e. The van der Waals surface area contributed by atoms with Crippen molar-refractivity contribution in [3.8, 4) is 0 Å². The maximum Gasteiger partial charge on any atom is 0.107 e. The number of likely N-dealkylation sites (tertiary alicyclic amines) is 1. The third kappa shape index (κ3) is 4.02. The minimum atomic E-state index is 0.704. The van der Waals surface area contributed by atoms with Crippen LogP contribution in [0.3, 0.4) is 0 Å². The van der Waals surface area contributed by atoms with E-state index in [4.69, 9.17) is 4.74 Å². The SMILES string of the molecule is CCNCc1nc(CN2CCC(COC)C2)cs1. The second-order valence-corrected chi connectivity index (χ2v) is 5.80. The third-order valence-electron chi connectivity index (χ3n) is 3.28. The van der Waals surface area contributed by atoms with Crippen molar-refractivity contribution in [2.75, 3.05) is 33.4 Å². The zero-order valence-electron chi connectivity index (χ0n) is 11.3. The van der Waals surface area contributed by atoms with E-state index in [2.05, 4.69) is 27.5 Å². The van der Waals surface area contributed by atoms with Crippen molar-refractivity contribution < 1.29 is 4.74 Å². The fourth-order valence-corrected chi connectivity index (χ4v) is 3.15. The monoisotopic (exact) mass is 269 g/mol. The van der Waals surface area contributed by atoms with E-state index in [-0.39, 0.29) is 0 Å². The predicted octanol–water partition coefficient (Wildman–Crippen LogP) is 1.72. The maximum absolute atomic E-state index is 5.22. The van der Waals surface area contributed by atoms with Gasteiger partial charge in [-0.1, -0.05) is 6.92 Å². The van der Waals surface area contributed by atoms with Crippen LogP contribution < -0.4 is 5.32 Å². The van der Waals surface area contributed by atoms with E-state index in [1.54, 1.807) is 18.4 Å². The number of hydrogen-bond acceptors (Lipinski definition) is 5. The fraction of sp³-hybridized carbons (Fsp3) is 0.769. The van der Waals surface area contributed by atoms with E-state index in [0.717, 1.165) is 32.8 Å². The first-order valence-corrected chi connectivity index (χ1v) is 7.55. The summed E-state index contributed by atoms with van der Waals surface area (Å²) in [6, 6.07) is 0. The Morgan fingerprint density at radius 1 is 1.61 bits per heavy atom. The van der Waals surface area contributed by atoms with Crippen LogP contribution in [0.25, 0.3) is 0 Å². The average molecular weight is 269 g/mol. The van der Waals surface area contributed by atoms with Crippen LogP contribution in [0, 0.1) is 5.92 Å². The first-order valence-electron chi connectivity index (χ1n) is 6.67. The molecule has 0 radical (unpaired) electrons. The van der Waals surface area contributed by atoms with E-state index in [0.29, 0.717) is 5.92 Å². The molecule has 0 amide bonds. The van der Waals surface area contributed by atoms with Crippen LogP contribution in [0.5, 0.6) is 0 Å². The molecular formula is C13H23N3OS. The second kappa shape index (κ2) is 7.19. The molecule has 2 rings (SSSR count). The van der Waals surface area contributed by atoms with Crippen molar-refractivity contribution >= 4 is 11.3 Å². The van der Waals surface area contributed by atoms with Crippen LogP contribution in [-0.2, 0) is 17.8 Å². The number of rotatable bonds is 7. The zero-order valence-corrected chi connectivity index (χ0v) is 12.1. The Labute approximate surface area is 113 Å². The summed E-state index contributed by atoms with van der Waals surface area (Å²) in [4.78, 5) is 7.15. The number of hydrogen-bond donors (Lipinski definition) is 1. The van der Waals surface area contributed by atoms with Gasteiger partial charge in [-0.05, 0) is 25.4 Å². The highest BCUT2D eigenvalue weighted by molar-refractivity contribution is 7.09. The topological polar surface area (TPSA) is 37.4 Å². The van der Waals surface area contributed by atoms with Gasteiger partial charge in [-0.25, -0.2) is 4.98 Å². The van der Waals surface area contributed by atoms with Crippen LogP contribution in [0.15, 0.2) is 5.38 Å². The number of nitrogens with one attached hydrogen (secondary N) is 1. The van der Waals surface area contributed by atoms with Gasteiger partial charge >= 0.3 is 0 Å². The van der Waals surface area contributed by atoms with Gasteiger partial charge in [-0.2, -0.15) is 0 Å². The van der Waals surface area contributed by atoms with Gasteiger partial charge in [-0.15, -0.1) is 11.3 Å². The second-order valence-electron chi connectivity index (χ2n) is 4.86. The highest BCUT2D eigenvalue weighted by Gasteiger charge is 2.22. The van der Waals surface area contributed by atoms with Gasteiger partial charge in [0.25, 0.3) is 0 Å². The molecule has 2 heterocycles. The van der Waals surface area contributed by atoms with Crippen LogP contribution in [-0.4, -0.2) is 43.2 Å². The summed E-state index contributed by atoms with van der Waals surface area (Å²) in [5.74, 6) is 0.704. The van der Waals surface area contributed by atoms with Gasteiger partial charge in [0.2, 0.25) is 0 Å². The Kier molecular flexibility index (Phi) is 5.56. The Bertz CT molecular complexity index is 356. The standard InChI is InChI=1S/C13H23N3OS/c1-3-14-6-13-15-12(10-18-13)8-16-5-4-11(7-16)9-17-2/h10-11,14H,3-9H2,1-2H3. The molecule has 0 bridgehead atoms. The Morgan fingerprint density at radius 3 is 3.28 bits per heavy atom. The van der Waals surface area contributed by atoms with Crippen molar-refractivity contribution in [3.63, 3.8) is 0 Å². The summed E-state index contributed by atoms with van der Waals surface area (Å²) in [5, 5.41) is 6.70. The third-order valence-corrected chi connectivity index (χ3v) is 4.18. The molecule has 5 heteroatoms. The van der Waals surface area contributed by atoms with Gasteiger partial charge in [0, 0.05) is 32.1 Å². The molecule has 1 fully saturated rings. The minimum Gasteiger partial charge on any atom is -0.384 e. The molecule has 1 atom stereocenters. The molecule has 4 nitrogen and oxygen atoms in total. The van der Waals surface area contributed by atoms with Gasteiger partial charge in [0.05, 0.1) is 12.3 Å². The number of methoxy groups -OCH3 is 1. The summed E-state index contributed by atoms with van der Waals surface area (Å²) in [6.07, 6.45) is 1.25. The number of aromatic nitrogens is 1. The van der Waals surface area contributed by atoms with Gasteiger partial charge < -0.3 is 10.1 Å². The summed E-state index contributed by atoms with van der Waals surface area (Å²) in [7, 11) is 1.79. The lowest BCUT2D eigenvalue weighted by molar-refractivity contribution is 0.152. The number of nitrogens with zero attached hydrogens (tertiary/aromatic N) is 2. The molecule has 18 heavy (non-hydrogen) atoms. The van der Waals surface area contributed by atoms with Crippen LogP contribution >= 0.6 is 11.3 Å². The van der Waals surface area contributed by atoms with Crippen molar-refractivity contribution in [3.05, 3.63) is 16.1 Å². The molecule has 1 aliphatic rings. The minimum absolute atomic E-state index is 0.704. The van der Waals surface area contributed by atoms with Crippen LogP contribution in [0.2, 0.25) is 0 Å². The number of ether oxygens (including phenoxy) is 1. The van der Waals surface area contributed by atoms with Gasteiger partial charge in [-0.3, -0.25) is 4.90 Å². The largest absolute Gasteiger partial charge is 0.384 e. The molecule has 102 valence electrons. The highest BCUT2D eigenvalue weighted by Crippen LogP contribution is 2.19. The Morgan fingerprint density at radius 2 is 2.50 bits per heavy atom. The normalized spacial score (nSPS) is 20.7. The Hall–Kier alpha value is -0.490. The summed E-state index contributed by atoms with van der Waals surface area (Å²) in [6.45, 7) is 8.21. The fourth-order valence-electron chi connectivity index (χ4n) is 2.39. The van der Waals surface area contributed by atoms with Crippen LogP contribution in [0.1, 0.15) is 24.0 Å². The predicted molar refractivity (Wildman–Crippen MR) is 74.8 cm³/mol. The first kappa shape index (κ1) is 13.9. The lowest BCUT2D eigenvalue weighted by Gasteiger charge is -2.14. The van der Waals surface area contributed by atoms with E-state index < -0.39 is 0 Å². The van der Waals surface area contributed by atoms with Crippen molar-refractivity contribution in [2.24, 2.45) is 5.92 Å². The lowest BCUT2D eigenvalue weighted by atomic mass is 10.1. The van der Waals surface area contributed by atoms with E-state index in [1.165, 1.54) is 23.7 Å². The molecule has 1 N–H and O–H groups in total. The highest BCUT2D eigenvalue weighted by atomic mass is 32.1. The quantitative estimate of drug-likeness (QED) is 0.818. The molecule has 0 aliphatic carbocycles. The van der Waals surface area contributed by atoms with Crippen LogP contribution in [0.4, 0.5) is 0 Å². The molecule has 1 aromatic rings. The van der Waals surface area contributed by atoms with Crippen molar-refractivity contribution in [1.82, 2.24) is 15.2 Å².